The molecular weight excluding hydrogens is 619 g/mol. The van der Waals surface area contributed by atoms with Crippen molar-refractivity contribution in [2.75, 3.05) is 20.3 Å². The molecule has 6 nitrogen and oxygen atoms in total. The average molecular weight is 663 g/mol. The molecule has 0 aromatic heterocycles. The van der Waals surface area contributed by atoms with E-state index in [1.165, 1.54) is 19.2 Å². The van der Waals surface area contributed by atoms with Gasteiger partial charge in [-0.05, 0) is 65.9 Å². The summed E-state index contributed by atoms with van der Waals surface area (Å²) >= 11 is 0. The average Bonchev–Trinajstić information content (AvgIpc) is 3.13. The maximum atomic E-state index is 13.7. The fraction of sp³-hybridized carbons (Fsp3) is 0.262. The minimum Gasteiger partial charge on any atom is -0.493 e. The Hall–Kier alpha value is -5.30. The van der Waals surface area contributed by atoms with Crippen molar-refractivity contribution in [3.05, 3.63) is 137 Å². The molecule has 0 saturated heterocycles. The number of aryl methyl sites for hydroxylation is 1. The number of esters is 1. The van der Waals surface area contributed by atoms with Crippen molar-refractivity contribution in [1.29, 1.82) is 0 Å². The van der Waals surface area contributed by atoms with Crippen LogP contribution < -0.4 is 18.9 Å². The second-order valence-corrected chi connectivity index (χ2v) is 11.6. The van der Waals surface area contributed by atoms with Gasteiger partial charge in [-0.1, -0.05) is 87.0 Å². The maximum absolute atomic E-state index is 13.7. The van der Waals surface area contributed by atoms with E-state index in [1.54, 1.807) is 12.1 Å². The van der Waals surface area contributed by atoms with Gasteiger partial charge in [0.1, 0.15) is 41.2 Å². The minimum absolute atomic E-state index is 0.126. The number of halogens is 1. The lowest BCUT2D eigenvalue weighted by Crippen LogP contribution is -2.08. The van der Waals surface area contributed by atoms with Crippen molar-refractivity contribution in [2.24, 2.45) is 0 Å². The van der Waals surface area contributed by atoms with Crippen LogP contribution in [0.1, 0.15) is 48.9 Å². The van der Waals surface area contributed by atoms with E-state index >= 15 is 0 Å². The Balaban J connectivity index is 1.27. The van der Waals surface area contributed by atoms with Gasteiger partial charge in [-0.15, -0.1) is 0 Å². The van der Waals surface area contributed by atoms with Gasteiger partial charge in [-0.3, -0.25) is 4.79 Å². The zero-order valence-electron chi connectivity index (χ0n) is 28.4. The summed E-state index contributed by atoms with van der Waals surface area (Å²) in [6.45, 7) is 5.49. The van der Waals surface area contributed by atoms with Crippen molar-refractivity contribution in [1.82, 2.24) is 0 Å². The molecule has 0 heterocycles. The molecule has 7 heteroatoms. The highest BCUT2D eigenvalue weighted by molar-refractivity contribution is 5.74. The number of ether oxygens (including phenoxy) is 5. The topological polar surface area (TPSA) is 63.2 Å². The van der Waals surface area contributed by atoms with Crippen LogP contribution in [0.25, 0.3) is 11.1 Å². The van der Waals surface area contributed by atoms with Gasteiger partial charge in [0.2, 0.25) is 0 Å². The Labute approximate surface area is 288 Å². The predicted octanol–water partition coefficient (Wildman–Crippen LogP) is 9.94. The first-order chi connectivity index (χ1) is 24.0. The van der Waals surface area contributed by atoms with E-state index in [2.05, 4.69) is 19.9 Å². The van der Waals surface area contributed by atoms with Crippen LogP contribution >= 0.6 is 0 Å². The number of carbonyl (C=O) groups excluding carboxylic acids is 1. The molecule has 0 aliphatic rings. The molecule has 0 saturated carbocycles. The molecule has 0 amide bonds. The molecular formula is C42H43FO6. The SMILES string of the molecule is CCCc1c(OCCCOc2cc(OCc3ccccc3)c(-c3ccc(F)cc3)cc2CC)cccc1Oc1ccccc1CC(=O)OC. The van der Waals surface area contributed by atoms with Crippen molar-refractivity contribution >= 4 is 5.97 Å². The molecule has 0 radical (unpaired) electrons. The third-order valence-corrected chi connectivity index (χ3v) is 8.08. The number of carbonyl (C=O) groups is 1. The van der Waals surface area contributed by atoms with Crippen LogP contribution in [0.3, 0.4) is 0 Å². The summed E-state index contributed by atoms with van der Waals surface area (Å²) in [5.41, 5.74) is 5.58. The third kappa shape index (κ3) is 9.63. The number of methoxy groups -OCH3 is 1. The summed E-state index contributed by atoms with van der Waals surface area (Å²) in [5.74, 6) is 2.90. The van der Waals surface area contributed by atoms with E-state index in [-0.39, 0.29) is 18.2 Å². The first-order valence-electron chi connectivity index (χ1n) is 16.8. The van der Waals surface area contributed by atoms with Crippen LogP contribution in [0.2, 0.25) is 0 Å². The Morgan fingerprint density at radius 2 is 1.37 bits per heavy atom. The molecule has 0 aliphatic carbocycles. The number of benzene rings is 5. The molecule has 49 heavy (non-hydrogen) atoms. The molecule has 254 valence electrons. The quantitative estimate of drug-likeness (QED) is 0.0730. The lowest BCUT2D eigenvalue weighted by atomic mass is 10.00. The van der Waals surface area contributed by atoms with E-state index < -0.39 is 0 Å². The summed E-state index contributed by atoms with van der Waals surface area (Å²) in [7, 11) is 1.38. The highest BCUT2D eigenvalue weighted by Crippen LogP contribution is 2.38. The van der Waals surface area contributed by atoms with E-state index in [1.807, 2.05) is 78.9 Å². The van der Waals surface area contributed by atoms with Gasteiger partial charge in [-0.25, -0.2) is 4.39 Å². The highest BCUT2D eigenvalue weighted by Gasteiger charge is 2.16. The van der Waals surface area contributed by atoms with Gasteiger partial charge < -0.3 is 23.7 Å². The molecule has 5 rings (SSSR count). The minimum atomic E-state index is -0.324. The highest BCUT2D eigenvalue weighted by atomic mass is 19.1. The van der Waals surface area contributed by atoms with Crippen LogP contribution in [-0.2, 0) is 35.4 Å². The molecule has 0 aliphatic heterocycles. The summed E-state index contributed by atoms with van der Waals surface area (Å²) in [5, 5.41) is 0. The van der Waals surface area contributed by atoms with Gasteiger partial charge in [0.15, 0.2) is 0 Å². The largest absolute Gasteiger partial charge is 0.493 e. The summed E-state index contributed by atoms with van der Waals surface area (Å²) in [6, 6.07) is 33.7. The number of hydrogen-bond donors (Lipinski definition) is 0. The number of para-hydroxylation sites is 1. The van der Waals surface area contributed by atoms with E-state index in [0.717, 1.165) is 64.1 Å². The molecule has 0 spiro atoms. The van der Waals surface area contributed by atoms with Gasteiger partial charge in [0, 0.05) is 29.2 Å². The first kappa shape index (κ1) is 35.0. The van der Waals surface area contributed by atoms with Crippen LogP contribution in [-0.4, -0.2) is 26.3 Å². The fourth-order valence-electron chi connectivity index (χ4n) is 5.52. The summed E-state index contributed by atoms with van der Waals surface area (Å²) in [6.07, 6.45) is 3.22. The number of rotatable bonds is 17. The number of hydrogen-bond acceptors (Lipinski definition) is 6. The van der Waals surface area contributed by atoms with Gasteiger partial charge in [-0.2, -0.15) is 0 Å². The second-order valence-electron chi connectivity index (χ2n) is 11.6. The van der Waals surface area contributed by atoms with Gasteiger partial charge in [0.05, 0.1) is 26.7 Å². The Morgan fingerprint density at radius 1 is 0.673 bits per heavy atom. The zero-order valence-corrected chi connectivity index (χ0v) is 28.4. The van der Waals surface area contributed by atoms with Crippen LogP contribution in [0.5, 0.6) is 28.7 Å². The normalized spacial score (nSPS) is 10.8. The monoisotopic (exact) mass is 662 g/mol. The first-order valence-corrected chi connectivity index (χ1v) is 16.8. The molecule has 5 aromatic carbocycles. The fourth-order valence-corrected chi connectivity index (χ4v) is 5.52. The smallest absolute Gasteiger partial charge is 0.310 e. The maximum Gasteiger partial charge on any atom is 0.310 e. The van der Waals surface area contributed by atoms with Crippen LogP contribution in [0.15, 0.2) is 109 Å². The summed E-state index contributed by atoms with van der Waals surface area (Å²) < 4.78 is 43.9. The predicted molar refractivity (Wildman–Crippen MR) is 190 cm³/mol. The molecule has 0 unspecified atom stereocenters. The lowest BCUT2D eigenvalue weighted by molar-refractivity contribution is -0.139. The molecule has 0 atom stereocenters. The zero-order chi connectivity index (χ0) is 34.4. The molecule has 0 fully saturated rings. The molecule has 0 N–H and O–H groups in total. The van der Waals surface area contributed by atoms with Crippen LogP contribution in [0, 0.1) is 5.82 Å². The molecule has 5 aromatic rings. The van der Waals surface area contributed by atoms with Crippen molar-refractivity contribution in [3.8, 4) is 39.9 Å². The van der Waals surface area contributed by atoms with E-state index in [0.29, 0.717) is 43.5 Å². The Bertz CT molecular complexity index is 1800. The standard InChI is InChI=1S/C42H43FO6/c1-4-13-35-38(18-11-19-39(35)49-37-17-10-9-16-33(37)27-42(44)45-3)46-24-12-25-47-40-28-41(48-29-30-14-7-6-8-15-30)36(26-31(40)5-2)32-20-22-34(43)23-21-32/h6-11,14-23,26,28H,4-5,12-13,24-25,27,29H2,1-3H3. The van der Waals surface area contributed by atoms with Crippen molar-refractivity contribution < 1.29 is 32.9 Å². The summed E-state index contributed by atoms with van der Waals surface area (Å²) in [4.78, 5) is 12.0. The Kier molecular flexibility index (Phi) is 12.7. The van der Waals surface area contributed by atoms with Crippen molar-refractivity contribution in [2.45, 2.75) is 52.6 Å². The van der Waals surface area contributed by atoms with E-state index in [4.69, 9.17) is 23.7 Å². The lowest BCUT2D eigenvalue weighted by Gasteiger charge is -2.18. The van der Waals surface area contributed by atoms with E-state index in [9.17, 15) is 9.18 Å². The second kappa shape index (κ2) is 17.7. The Morgan fingerprint density at radius 3 is 2.10 bits per heavy atom. The van der Waals surface area contributed by atoms with Crippen molar-refractivity contribution in [3.63, 3.8) is 0 Å². The third-order valence-electron chi connectivity index (χ3n) is 8.08. The van der Waals surface area contributed by atoms with Gasteiger partial charge in [0.25, 0.3) is 0 Å². The van der Waals surface area contributed by atoms with Gasteiger partial charge >= 0.3 is 5.97 Å². The van der Waals surface area contributed by atoms with Crippen LogP contribution in [0.4, 0.5) is 4.39 Å². The molecule has 0 bridgehead atoms.